The number of rotatable bonds is 8. The highest BCUT2D eigenvalue weighted by atomic mass is 16.5. The average Bonchev–Trinajstić information content (AvgIpc) is 3.01. The molecule has 2 aromatic rings. The third-order valence-corrected chi connectivity index (χ3v) is 5.83. The first-order valence-electron chi connectivity index (χ1n) is 10.6. The van der Waals surface area contributed by atoms with Crippen LogP contribution >= 0.6 is 0 Å². The summed E-state index contributed by atoms with van der Waals surface area (Å²) < 4.78 is 17.0. The van der Waals surface area contributed by atoms with E-state index in [2.05, 4.69) is 24.6 Å². The summed E-state index contributed by atoms with van der Waals surface area (Å²) in [6.45, 7) is 2.92. The van der Waals surface area contributed by atoms with Crippen LogP contribution in [-0.2, 0) is 6.42 Å². The van der Waals surface area contributed by atoms with Crippen molar-refractivity contribution in [2.24, 2.45) is 0 Å². The zero-order chi connectivity index (χ0) is 21.7. The smallest absolute Gasteiger partial charge is 0.203 e. The maximum Gasteiger partial charge on any atom is 0.203 e. The fourth-order valence-corrected chi connectivity index (χ4v) is 4.23. The number of unbranched alkanes of at least 4 members (excludes halogenated alkanes) is 1. The van der Waals surface area contributed by atoms with E-state index in [9.17, 15) is 4.79 Å². The number of methoxy groups -OCH3 is 3. The highest BCUT2D eigenvalue weighted by Crippen LogP contribution is 2.49. The Balaban J connectivity index is 2.29. The molecule has 0 bridgehead atoms. The van der Waals surface area contributed by atoms with Crippen LogP contribution in [0.15, 0.2) is 29.1 Å². The van der Waals surface area contributed by atoms with Gasteiger partial charge in [-0.1, -0.05) is 19.4 Å². The lowest BCUT2D eigenvalue weighted by Gasteiger charge is -2.19. The molecule has 6 nitrogen and oxygen atoms in total. The largest absolute Gasteiger partial charge is 0.493 e. The lowest BCUT2D eigenvalue weighted by atomic mass is 9.95. The van der Waals surface area contributed by atoms with Gasteiger partial charge in [0.15, 0.2) is 11.5 Å². The van der Waals surface area contributed by atoms with E-state index in [4.69, 9.17) is 14.2 Å². The number of fused-ring (bicyclic) bond motifs is 3. The number of ether oxygens (including phenoxy) is 3. The molecule has 0 saturated carbocycles. The molecule has 0 saturated heterocycles. The fourth-order valence-electron chi connectivity index (χ4n) is 4.23. The Labute approximate surface area is 178 Å². The van der Waals surface area contributed by atoms with Gasteiger partial charge in [0.1, 0.15) is 6.04 Å². The monoisotopic (exact) mass is 413 g/mol. The molecule has 0 radical (unpaired) electrons. The predicted molar refractivity (Wildman–Crippen MR) is 120 cm³/mol. The Kier molecular flexibility index (Phi) is 7.21. The summed E-state index contributed by atoms with van der Waals surface area (Å²) in [5, 5.41) is 5.48. The summed E-state index contributed by atoms with van der Waals surface area (Å²) in [5.41, 5.74) is 4.78. The number of anilines is 1. The van der Waals surface area contributed by atoms with Gasteiger partial charge >= 0.3 is 0 Å². The molecule has 3 N–H and O–H groups in total. The van der Waals surface area contributed by atoms with Crippen molar-refractivity contribution in [1.29, 1.82) is 0 Å². The number of quaternary nitrogens is 1. The van der Waals surface area contributed by atoms with Crippen LogP contribution in [0.2, 0.25) is 0 Å². The lowest BCUT2D eigenvalue weighted by molar-refractivity contribution is -0.670. The van der Waals surface area contributed by atoms with E-state index in [1.54, 1.807) is 27.4 Å². The van der Waals surface area contributed by atoms with Gasteiger partial charge in [0.25, 0.3) is 0 Å². The maximum absolute atomic E-state index is 13.0. The summed E-state index contributed by atoms with van der Waals surface area (Å²) in [5.74, 6) is 1.86. The van der Waals surface area contributed by atoms with Gasteiger partial charge in [0.05, 0.1) is 34.1 Å². The Morgan fingerprint density at radius 3 is 2.50 bits per heavy atom. The minimum absolute atomic E-state index is 0.0158. The van der Waals surface area contributed by atoms with Gasteiger partial charge in [-0.15, -0.1) is 0 Å². The van der Waals surface area contributed by atoms with Crippen molar-refractivity contribution in [3.63, 3.8) is 0 Å². The molecule has 0 heterocycles. The molecule has 1 aliphatic rings. The molecule has 1 aliphatic carbocycles. The first-order chi connectivity index (χ1) is 14.6. The molecule has 162 valence electrons. The first-order valence-corrected chi connectivity index (χ1v) is 10.6. The molecule has 0 aromatic heterocycles. The summed E-state index contributed by atoms with van der Waals surface area (Å²) in [4.78, 5) is 13.0. The van der Waals surface area contributed by atoms with E-state index in [0.29, 0.717) is 22.9 Å². The SMILES string of the molecule is CCCCNc1ccc2c(cc1=O)[C@@H]([NH2+]C)CCc1cc(OC)c(OC)c(OC)c1-2. The Morgan fingerprint density at radius 2 is 1.87 bits per heavy atom. The molecule has 2 aromatic carbocycles. The number of aryl methyl sites for hydroxylation is 1. The third kappa shape index (κ3) is 4.10. The quantitative estimate of drug-likeness (QED) is 0.651. The van der Waals surface area contributed by atoms with Gasteiger partial charge in [-0.3, -0.25) is 4.79 Å². The topological polar surface area (TPSA) is 73.4 Å². The summed E-state index contributed by atoms with van der Waals surface area (Å²) in [6.07, 6.45) is 3.87. The van der Waals surface area contributed by atoms with Crippen molar-refractivity contribution in [3.05, 3.63) is 45.6 Å². The molecule has 6 heteroatoms. The molecule has 0 aliphatic heterocycles. The zero-order valence-corrected chi connectivity index (χ0v) is 18.6. The van der Waals surface area contributed by atoms with Crippen molar-refractivity contribution in [2.75, 3.05) is 40.2 Å². The molecular formula is C24H33N2O4+. The van der Waals surface area contributed by atoms with E-state index >= 15 is 0 Å². The fraction of sp³-hybridized carbons (Fsp3) is 0.458. The molecule has 0 amide bonds. The lowest BCUT2D eigenvalue weighted by Crippen LogP contribution is -2.81. The van der Waals surface area contributed by atoms with E-state index in [0.717, 1.165) is 54.5 Å². The van der Waals surface area contributed by atoms with E-state index in [-0.39, 0.29) is 11.5 Å². The summed E-state index contributed by atoms with van der Waals surface area (Å²) in [7, 11) is 6.95. The molecule has 0 spiro atoms. The van der Waals surface area contributed by atoms with Crippen LogP contribution in [0.3, 0.4) is 0 Å². The molecular weight excluding hydrogens is 380 g/mol. The zero-order valence-electron chi connectivity index (χ0n) is 18.6. The van der Waals surface area contributed by atoms with Crippen LogP contribution in [0.1, 0.15) is 43.4 Å². The molecule has 0 unspecified atom stereocenters. The van der Waals surface area contributed by atoms with Gasteiger partial charge in [0, 0.05) is 24.1 Å². The predicted octanol–water partition coefficient (Wildman–Crippen LogP) is 3.13. The molecule has 30 heavy (non-hydrogen) atoms. The van der Waals surface area contributed by atoms with Gasteiger partial charge in [0.2, 0.25) is 11.2 Å². The molecule has 3 rings (SSSR count). The number of nitrogens with two attached hydrogens (primary N) is 1. The summed E-state index contributed by atoms with van der Waals surface area (Å²) in [6, 6.07) is 7.94. The minimum Gasteiger partial charge on any atom is -0.493 e. The van der Waals surface area contributed by atoms with Gasteiger partial charge in [-0.05, 0) is 42.2 Å². The van der Waals surface area contributed by atoms with E-state index in [1.807, 2.05) is 18.2 Å². The second-order valence-electron chi connectivity index (χ2n) is 7.56. The normalized spacial score (nSPS) is 14.9. The number of benzene rings is 1. The van der Waals surface area contributed by atoms with Crippen LogP contribution in [-0.4, -0.2) is 34.9 Å². The third-order valence-electron chi connectivity index (χ3n) is 5.83. The second kappa shape index (κ2) is 9.85. The Hall–Kier alpha value is -2.73. The maximum atomic E-state index is 13.0. The molecule has 0 fully saturated rings. The van der Waals surface area contributed by atoms with Crippen molar-refractivity contribution < 1.29 is 19.5 Å². The Morgan fingerprint density at radius 1 is 1.10 bits per heavy atom. The van der Waals surface area contributed by atoms with Crippen LogP contribution in [0.25, 0.3) is 11.1 Å². The van der Waals surface area contributed by atoms with Crippen molar-refractivity contribution in [2.45, 2.75) is 38.6 Å². The van der Waals surface area contributed by atoms with Crippen molar-refractivity contribution in [1.82, 2.24) is 0 Å². The van der Waals surface area contributed by atoms with Gasteiger partial charge in [-0.2, -0.15) is 0 Å². The van der Waals surface area contributed by atoms with Crippen LogP contribution in [0.5, 0.6) is 17.2 Å². The van der Waals surface area contributed by atoms with Gasteiger partial charge < -0.3 is 24.8 Å². The highest BCUT2D eigenvalue weighted by Gasteiger charge is 2.29. The van der Waals surface area contributed by atoms with E-state index < -0.39 is 0 Å². The van der Waals surface area contributed by atoms with Crippen LogP contribution < -0.4 is 30.3 Å². The van der Waals surface area contributed by atoms with Crippen LogP contribution in [0, 0.1) is 0 Å². The average molecular weight is 414 g/mol. The highest BCUT2D eigenvalue weighted by molar-refractivity contribution is 5.82. The number of nitrogens with one attached hydrogen (secondary N) is 1. The second-order valence-corrected chi connectivity index (χ2v) is 7.56. The number of hydrogen-bond acceptors (Lipinski definition) is 5. The van der Waals surface area contributed by atoms with Crippen LogP contribution in [0.4, 0.5) is 5.69 Å². The standard InChI is InChI=1S/C24H32N2O4/c1-6-7-12-26-19-11-9-16-17(14-20(19)27)18(25-2)10-8-15-13-21(28-3)23(29-4)24(30-5)22(15)16/h9,11,13-14,18,25H,6-8,10,12H2,1-5H3,(H,26,27)/p+1/t18-/m0/s1. The Bertz CT molecular complexity index is 959. The van der Waals surface area contributed by atoms with Gasteiger partial charge in [-0.25, -0.2) is 0 Å². The summed E-state index contributed by atoms with van der Waals surface area (Å²) >= 11 is 0. The number of hydrogen-bond donors (Lipinski definition) is 2. The first kappa shape index (κ1) is 22.0. The van der Waals surface area contributed by atoms with Crippen molar-refractivity contribution in [3.8, 4) is 28.4 Å². The van der Waals surface area contributed by atoms with E-state index in [1.165, 1.54) is 0 Å². The van der Waals surface area contributed by atoms with Crippen molar-refractivity contribution >= 4 is 5.69 Å². The minimum atomic E-state index is 0.0158. The molecule has 1 atom stereocenters.